The highest BCUT2D eigenvalue weighted by Crippen LogP contribution is 2.37. The lowest BCUT2D eigenvalue weighted by molar-refractivity contribution is 0.478. The summed E-state index contributed by atoms with van der Waals surface area (Å²) in [6.45, 7) is 1.91. The molecule has 0 aliphatic rings. The second kappa shape index (κ2) is 10.3. The second-order valence-corrected chi connectivity index (χ2v) is 12.3. The van der Waals surface area contributed by atoms with Gasteiger partial charge in [-0.2, -0.15) is 30.4 Å². The van der Waals surface area contributed by atoms with E-state index in [9.17, 15) is 38.9 Å². The molecule has 39 heavy (non-hydrogen) atoms. The van der Waals surface area contributed by atoms with Gasteiger partial charge in [-0.3, -0.25) is 13.7 Å². The van der Waals surface area contributed by atoms with Gasteiger partial charge in [-0.05, 0) is 61.5 Å². The predicted molar refractivity (Wildman–Crippen MR) is 139 cm³/mol. The minimum atomic E-state index is -4.88. The van der Waals surface area contributed by atoms with Crippen molar-refractivity contribution in [3.63, 3.8) is 0 Å². The van der Waals surface area contributed by atoms with Gasteiger partial charge in [0.25, 0.3) is 30.4 Å². The van der Waals surface area contributed by atoms with E-state index < -0.39 is 50.7 Å². The number of hydrogen-bond acceptors (Lipinski definition) is 10. The summed E-state index contributed by atoms with van der Waals surface area (Å²) in [5.41, 5.74) is 1.19. The van der Waals surface area contributed by atoms with E-state index in [1.807, 2.05) is 19.1 Å². The van der Waals surface area contributed by atoms with Crippen LogP contribution in [0.15, 0.2) is 108 Å². The van der Waals surface area contributed by atoms with Crippen LogP contribution in [0.1, 0.15) is 5.56 Å². The van der Waals surface area contributed by atoms with Gasteiger partial charge in [0.15, 0.2) is 0 Å². The third-order valence-electron chi connectivity index (χ3n) is 5.32. The maximum Gasteiger partial charge on any atom is 0.296 e. The number of hydrogen-bond donors (Lipinski definition) is 3. The van der Waals surface area contributed by atoms with Crippen LogP contribution in [0.5, 0.6) is 0 Å². The Kier molecular flexibility index (Phi) is 7.44. The molecule has 13 nitrogen and oxygen atoms in total. The molecule has 0 aromatic heterocycles. The average Bonchev–Trinajstić information content (AvgIpc) is 2.85. The molecule has 0 spiro atoms. The van der Waals surface area contributed by atoms with Gasteiger partial charge in [0, 0.05) is 10.8 Å². The van der Waals surface area contributed by atoms with Crippen LogP contribution in [0, 0.1) is 6.92 Å². The number of rotatable bonds is 7. The van der Waals surface area contributed by atoms with Crippen LogP contribution < -0.4 is 0 Å². The van der Waals surface area contributed by atoms with Crippen LogP contribution in [0.4, 0.5) is 22.7 Å². The number of nitrogens with zero attached hydrogens (tertiary/aromatic N) is 4. The zero-order valence-corrected chi connectivity index (χ0v) is 22.2. The van der Waals surface area contributed by atoms with Crippen molar-refractivity contribution in [2.75, 3.05) is 0 Å². The van der Waals surface area contributed by atoms with Gasteiger partial charge in [0.2, 0.25) is 0 Å². The Morgan fingerprint density at radius 1 is 0.513 bits per heavy atom. The summed E-state index contributed by atoms with van der Waals surface area (Å²) in [4.78, 5) is -1.99. The van der Waals surface area contributed by atoms with Gasteiger partial charge in [-0.15, -0.1) is 15.3 Å². The molecule has 0 fully saturated rings. The van der Waals surface area contributed by atoms with Gasteiger partial charge in [-0.25, -0.2) is 0 Å². The monoisotopic (exact) mass is 590 g/mol. The summed E-state index contributed by atoms with van der Waals surface area (Å²) in [5, 5.41) is 16.5. The quantitative estimate of drug-likeness (QED) is 0.177. The first-order chi connectivity index (χ1) is 18.1. The topological polar surface area (TPSA) is 213 Å². The highest BCUT2D eigenvalue weighted by atomic mass is 32.2. The highest BCUT2D eigenvalue weighted by molar-refractivity contribution is 7.86. The highest BCUT2D eigenvalue weighted by Gasteiger charge is 2.20. The predicted octanol–water partition coefficient (Wildman–Crippen LogP) is 5.72. The lowest BCUT2D eigenvalue weighted by atomic mass is 10.1. The van der Waals surface area contributed by atoms with Crippen molar-refractivity contribution in [2.45, 2.75) is 21.6 Å². The molecule has 0 aliphatic carbocycles. The van der Waals surface area contributed by atoms with Gasteiger partial charge in [0.1, 0.15) is 10.6 Å². The molecule has 0 atom stereocenters. The Labute approximate surface area is 222 Å². The van der Waals surface area contributed by atoms with Crippen LogP contribution in [0.3, 0.4) is 0 Å². The standard InChI is InChI=1S/C23H18N4O9S3/c1-14-2-4-15(5-3-14)24-25-20-9-10-21(19-12-16(37(28,29)30)6-8-18(19)20)26-27-22-13-17(38(31,32)33)7-11-23(22)39(34,35)36/h2-13H,1H3,(H,28,29,30)(H,31,32,33)(H,34,35,36). The van der Waals surface area contributed by atoms with Gasteiger partial charge in [-0.1, -0.05) is 23.8 Å². The van der Waals surface area contributed by atoms with Crippen molar-refractivity contribution >= 4 is 63.9 Å². The molecule has 0 saturated heterocycles. The molecule has 0 amide bonds. The zero-order chi connectivity index (χ0) is 28.6. The first-order valence-electron chi connectivity index (χ1n) is 10.7. The molecular formula is C23H18N4O9S3. The van der Waals surface area contributed by atoms with Crippen LogP contribution in [-0.2, 0) is 30.4 Å². The normalized spacial score (nSPS) is 13.0. The summed E-state index contributed by atoms with van der Waals surface area (Å²) < 4.78 is 98.4. The van der Waals surface area contributed by atoms with E-state index in [0.717, 1.165) is 29.8 Å². The molecule has 0 saturated carbocycles. The minimum Gasteiger partial charge on any atom is -0.282 e. The van der Waals surface area contributed by atoms with Crippen molar-refractivity contribution in [3.05, 3.63) is 78.4 Å². The SMILES string of the molecule is Cc1ccc(N=Nc2ccc(N=Nc3cc(S(=O)(=O)O)ccc3S(=O)(=O)O)c3cc(S(=O)(=O)O)ccc23)cc1. The maximum atomic E-state index is 11.8. The molecule has 16 heteroatoms. The molecule has 202 valence electrons. The summed E-state index contributed by atoms with van der Waals surface area (Å²) in [7, 11) is -14.3. The van der Waals surface area contributed by atoms with Crippen molar-refractivity contribution in [1.82, 2.24) is 0 Å². The van der Waals surface area contributed by atoms with Crippen LogP contribution >= 0.6 is 0 Å². The fourth-order valence-corrected chi connectivity index (χ4v) is 5.03. The molecule has 0 aliphatic heterocycles. The lowest BCUT2D eigenvalue weighted by Crippen LogP contribution is -2.02. The van der Waals surface area contributed by atoms with Crippen molar-refractivity contribution < 1.29 is 38.9 Å². The Morgan fingerprint density at radius 2 is 1.03 bits per heavy atom. The van der Waals surface area contributed by atoms with E-state index in [1.54, 1.807) is 12.1 Å². The summed E-state index contributed by atoms with van der Waals surface area (Å²) >= 11 is 0. The summed E-state index contributed by atoms with van der Waals surface area (Å²) in [6, 6.07) is 15.7. The van der Waals surface area contributed by atoms with Gasteiger partial charge >= 0.3 is 0 Å². The first kappa shape index (κ1) is 28.1. The zero-order valence-electron chi connectivity index (χ0n) is 19.7. The summed E-state index contributed by atoms with van der Waals surface area (Å²) in [5.74, 6) is 0. The van der Waals surface area contributed by atoms with Crippen molar-refractivity contribution in [1.29, 1.82) is 0 Å². The largest absolute Gasteiger partial charge is 0.296 e. The first-order valence-corrected chi connectivity index (χ1v) is 15.0. The van der Waals surface area contributed by atoms with E-state index in [4.69, 9.17) is 0 Å². The van der Waals surface area contributed by atoms with E-state index in [0.29, 0.717) is 22.8 Å². The molecule has 0 bridgehead atoms. The van der Waals surface area contributed by atoms with Crippen LogP contribution in [0.25, 0.3) is 10.8 Å². The lowest BCUT2D eigenvalue weighted by Gasteiger charge is -2.07. The molecule has 4 rings (SSSR count). The fourth-order valence-electron chi connectivity index (χ4n) is 3.42. The van der Waals surface area contributed by atoms with Gasteiger partial charge in [0.05, 0.1) is 26.9 Å². The number of azo groups is 2. The van der Waals surface area contributed by atoms with E-state index in [2.05, 4.69) is 20.5 Å². The number of fused-ring (bicyclic) bond motifs is 1. The molecule has 4 aromatic rings. The molecular weight excluding hydrogens is 572 g/mol. The Balaban J connectivity index is 1.89. The second-order valence-electron chi connectivity index (χ2n) is 8.10. The Hall–Kier alpha value is -3.93. The average molecular weight is 591 g/mol. The van der Waals surface area contributed by atoms with E-state index in [1.165, 1.54) is 18.2 Å². The number of aryl methyl sites for hydroxylation is 1. The molecule has 0 heterocycles. The van der Waals surface area contributed by atoms with Crippen molar-refractivity contribution in [3.8, 4) is 0 Å². The van der Waals surface area contributed by atoms with Crippen LogP contribution in [0.2, 0.25) is 0 Å². The van der Waals surface area contributed by atoms with Gasteiger partial charge < -0.3 is 0 Å². The maximum absolute atomic E-state index is 11.8. The fraction of sp³-hybridized carbons (Fsp3) is 0.0435. The molecule has 3 N–H and O–H groups in total. The third-order valence-corrected chi connectivity index (χ3v) is 7.92. The molecule has 0 unspecified atom stereocenters. The van der Waals surface area contributed by atoms with E-state index in [-0.39, 0.29) is 11.1 Å². The van der Waals surface area contributed by atoms with E-state index >= 15 is 0 Å². The summed E-state index contributed by atoms with van der Waals surface area (Å²) in [6.07, 6.45) is 0. The third kappa shape index (κ3) is 6.56. The molecule has 0 radical (unpaired) electrons. The van der Waals surface area contributed by atoms with Crippen LogP contribution in [-0.4, -0.2) is 38.9 Å². The Bertz CT molecular complexity index is 1990. The smallest absolute Gasteiger partial charge is 0.282 e. The minimum absolute atomic E-state index is 0.0386. The number of benzene rings is 4. The Morgan fingerprint density at radius 3 is 1.62 bits per heavy atom. The molecule has 4 aromatic carbocycles. The van der Waals surface area contributed by atoms with Crippen molar-refractivity contribution in [2.24, 2.45) is 20.5 Å².